The summed E-state index contributed by atoms with van der Waals surface area (Å²) in [6.07, 6.45) is 14.2. The van der Waals surface area contributed by atoms with Gasteiger partial charge in [-0.3, -0.25) is 4.79 Å². The highest BCUT2D eigenvalue weighted by atomic mass is 19.1. The van der Waals surface area contributed by atoms with Crippen LogP contribution >= 0.6 is 0 Å². The molecule has 2 N–H and O–H groups in total. The number of hydrogen-bond acceptors (Lipinski definition) is 3. The number of aliphatic hydroxyl groups is 1. The Morgan fingerprint density at radius 1 is 1.06 bits per heavy atom. The molecule has 0 radical (unpaired) electrons. The monoisotopic (exact) mass is 480 g/mol. The second kappa shape index (κ2) is 8.68. The van der Waals surface area contributed by atoms with Gasteiger partial charge in [-0.15, -0.1) is 0 Å². The molecule has 4 fully saturated rings. The molecule has 0 spiro atoms. The first-order valence-electron chi connectivity index (χ1n) is 14.1. The topological polar surface area (TPSA) is 66.0 Å². The highest BCUT2D eigenvalue weighted by Gasteiger charge is 2.59. The molecule has 190 valence electrons. The summed E-state index contributed by atoms with van der Waals surface area (Å²) >= 11 is 0. The number of benzene rings is 1. The van der Waals surface area contributed by atoms with Gasteiger partial charge in [0.15, 0.2) is 0 Å². The lowest BCUT2D eigenvalue weighted by Gasteiger charge is -2.61. The Bertz CT molecular complexity index is 1160. The van der Waals surface area contributed by atoms with E-state index in [0.29, 0.717) is 27.6 Å². The van der Waals surface area contributed by atoms with Gasteiger partial charge in [-0.2, -0.15) is 0 Å². The van der Waals surface area contributed by atoms with Gasteiger partial charge in [0.1, 0.15) is 11.6 Å². The van der Waals surface area contributed by atoms with Gasteiger partial charge in [0.2, 0.25) is 0 Å². The molecule has 1 aromatic carbocycles. The molecule has 4 aliphatic rings. The molecule has 4 nitrogen and oxygen atoms in total. The van der Waals surface area contributed by atoms with Crippen LogP contribution in [0, 0.1) is 46.2 Å². The minimum Gasteiger partial charge on any atom is -0.393 e. The van der Waals surface area contributed by atoms with Gasteiger partial charge in [0, 0.05) is 12.5 Å². The van der Waals surface area contributed by atoms with Crippen LogP contribution in [0.15, 0.2) is 23.0 Å². The van der Waals surface area contributed by atoms with E-state index in [-0.39, 0.29) is 17.5 Å². The van der Waals surface area contributed by atoms with Crippen LogP contribution < -0.4 is 5.56 Å². The first kappa shape index (κ1) is 23.6. The van der Waals surface area contributed by atoms with Crippen molar-refractivity contribution < 1.29 is 9.50 Å². The van der Waals surface area contributed by atoms with Crippen molar-refractivity contribution in [1.29, 1.82) is 0 Å². The van der Waals surface area contributed by atoms with Crippen molar-refractivity contribution >= 4 is 10.9 Å². The van der Waals surface area contributed by atoms with Gasteiger partial charge in [-0.1, -0.05) is 13.8 Å². The zero-order chi connectivity index (χ0) is 24.4. The molecule has 2 aromatic rings. The molecule has 0 bridgehead atoms. The highest BCUT2D eigenvalue weighted by Crippen LogP contribution is 2.67. The molecule has 7 unspecified atom stereocenters. The van der Waals surface area contributed by atoms with Crippen molar-refractivity contribution in [2.24, 2.45) is 40.4 Å². The SMILES string of the molecule is CC12CCC3C(CCC4C[C@H](O)CCC43C)C1CCC2CCCc1nc2cc(F)ccc2c(=O)[nH]1. The van der Waals surface area contributed by atoms with Crippen LogP contribution in [0.1, 0.15) is 90.3 Å². The molecule has 0 saturated heterocycles. The maximum atomic E-state index is 13.6. The number of fused-ring (bicyclic) bond motifs is 6. The van der Waals surface area contributed by atoms with Gasteiger partial charge in [-0.05, 0) is 123 Å². The molecular formula is C30H41FN2O2. The van der Waals surface area contributed by atoms with E-state index in [2.05, 4.69) is 23.8 Å². The number of hydrogen-bond donors (Lipinski definition) is 2. The predicted octanol–water partition coefficient (Wildman–Crippen LogP) is 6.40. The number of aromatic nitrogens is 2. The van der Waals surface area contributed by atoms with Crippen molar-refractivity contribution in [2.45, 2.75) is 97.0 Å². The average molecular weight is 481 g/mol. The van der Waals surface area contributed by atoms with E-state index in [1.807, 2.05) is 0 Å². The first-order valence-corrected chi connectivity index (χ1v) is 14.1. The summed E-state index contributed by atoms with van der Waals surface area (Å²) < 4.78 is 13.6. The van der Waals surface area contributed by atoms with Gasteiger partial charge in [-0.25, -0.2) is 9.37 Å². The van der Waals surface area contributed by atoms with E-state index in [4.69, 9.17) is 0 Å². The van der Waals surface area contributed by atoms with Crippen molar-refractivity contribution in [3.05, 3.63) is 40.2 Å². The second-order valence-electron chi connectivity index (χ2n) is 13.0. The quantitative estimate of drug-likeness (QED) is 0.532. The zero-order valence-electron chi connectivity index (χ0n) is 21.4. The number of H-pyrrole nitrogens is 1. The Hall–Kier alpha value is -1.75. The van der Waals surface area contributed by atoms with E-state index in [9.17, 15) is 14.3 Å². The van der Waals surface area contributed by atoms with Crippen LogP contribution in [0.25, 0.3) is 10.9 Å². The van der Waals surface area contributed by atoms with Crippen molar-refractivity contribution in [3.63, 3.8) is 0 Å². The molecule has 0 amide bonds. The lowest BCUT2D eigenvalue weighted by atomic mass is 9.44. The van der Waals surface area contributed by atoms with E-state index >= 15 is 0 Å². The van der Waals surface area contributed by atoms with Gasteiger partial charge >= 0.3 is 0 Å². The summed E-state index contributed by atoms with van der Waals surface area (Å²) in [5.41, 5.74) is 1.16. The van der Waals surface area contributed by atoms with E-state index in [1.54, 1.807) is 0 Å². The minimum atomic E-state index is -0.352. The number of halogens is 1. The average Bonchev–Trinajstić information content (AvgIpc) is 3.15. The van der Waals surface area contributed by atoms with Gasteiger partial charge in [0.25, 0.3) is 5.56 Å². The number of aromatic amines is 1. The summed E-state index contributed by atoms with van der Waals surface area (Å²) in [6.45, 7) is 5.15. The molecule has 0 aliphatic heterocycles. The Morgan fingerprint density at radius 2 is 1.86 bits per heavy atom. The summed E-state index contributed by atoms with van der Waals surface area (Å²) in [5, 5.41) is 10.7. The van der Waals surface area contributed by atoms with Crippen LogP contribution in [0.5, 0.6) is 0 Å². The molecule has 1 aromatic heterocycles. The molecular weight excluding hydrogens is 439 g/mol. The van der Waals surface area contributed by atoms with E-state index in [1.165, 1.54) is 69.6 Å². The maximum absolute atomic E-state index is 13.6. The number of aryl methyl sites for hydroxylation is 1. The summed E-state index contributed by atoms with van der Waals surface area (Å²) in [7, 11) is 0. The second-order valence-corrected chi connectivity index (χ2v) is 13.0. The number of rotatable bonds is 4. The van der Waals surface area contributed by atoms with Gasteiger partial charge in [0.05, 0.1) is 17.0 Å². The fraction of sp³-hybridized carbons (Fsp3) is 0.733. The molecule has 5 heteroatoms. The van der Waals surface area contributed by atoms with Crippen LogP contribution in [0.3, 0.4) is 0 Å². The Balaban J connectivity index is 1.13. The largest absolute Gasteiger partial charge is 0.393 e. The molecule has 35 heavy (non-hydrogen) atoms. The van der Waals surface area contributed by atoms with Crippen molar-refractivity contribution in [3.8, 4) is 0 Å². The fourth-order valence-electron chi connectivity index (χ4n) is 9.61. The minimum absolute atomic E-state index is 0.0691. The Morgan fingerprint density at radius 3 is 2.71 bits per heavy atom. The van der Waals surface area contributed by atoms with Crippen LogP contribution in [-0.4, -0.2) is 21.2 Å². The van der Waals surface area contributed by atoms with Crippen LogP contribution in [0.4, 0.5) is 4.39 Å². The predicted molar refractivity (Wildman–Crippen MR) is 136 cm³/mol. The van der Waals surface area contributed by atoms with Crippen LogP contribution in [-0.2, 0) is 6.42 Å². The van der Waals surface area contributed by atoms with E-state index in [0.717, 1.165) is 55.3 Å². The maximum Gasteiger partial charge on any atom is 0.258 e. The third-order valence-electron chi connectivity index (χ3n) is 11.5. The van der Waals surface area contributed by atoms with E-state index < -0.39 is 0 Å². The molecule has 4 saturated carbocycles. The van der Waals surface area contributed by atoms with Crippen molar-refractivity contribution in [1.82, 2.24) is 9.97 Å². The molecule has 6 rings (SSSR count). The highest BCUT2D eigenvalue weighted by molar-refractivity contribution is 5.77. The zero-order valence-corrected chi connectivity index (χ0v) is 21.4. The lowest BCUT2D eigenvalue weighted by molar-refractivity contribution is -0.126. The summed E-state index contributed by atoms with van der Waals surface area (Å²) in [5.74, 6) is 4.35. The standard InChI is InChI=1S/C30H41FN2O2/c1-29-15-13-25-22(9-6-19-16-21(34)12-14-30(19,25)2)24(29)11-7-18(29)4-3-5-27-32-26-17-20(31)8-10-23(26)28(35)33-27/h8,10,17-19,21-22,24-25,34H,3-7,9,11-16H2,1-2H3,(H,32,33,35)/t18?,19?,21-,22?,24?,25?,29?,30?/m1/s1. The Labute approximate surface area is 208 Å². The third-order valence-corrected chi connectivity index (χ3v) is 11.5. The Kier molecular flexibility index (Phi) is 5.86. The first-order chi connectivity index (χ1) is 16.8. The number of nitrogens with zero attached hydrogens (tertiary/aromatic N) is 1. The summed E-state index contributed by atoms with van der Waals surface area (Å²) in [4.78, 5) is 19.9. The molecule has 4 aliphatic carbocycles. The third kappa shape index (κ3) is 3.88. The van der Waals surface area contributed by atoms with Crippen LogP contribution in [0.2, 0.25) is 0 Å². The number of nitrogens with one attached hydrogen (secondary N) is 1. The normalized spacial score (nSPS) is 40.8. The van der Waals surface area contributed by atoms with Crippen molar-refractivity contribution in [2.75, 3.05) is 0 Å². The molecule has 8 atom stereocenters. The smallest absolute Gasteiger partial charge is 0.258 e. The molecule has 1 heterocycles. The van der Waals surface area contributed by atoms with Gasteiger partial charge < -0.3 is 10.1 Å². The summed E-state index contributed by atoms with van der Waals surface area (Å²) in [6, 6.07) is 4.19. The lowest BCUT2D eigenvalue weighted by Crippen LogP contribution is -2.53. The fourth-order valence-corrected chi connectivity index (χ4v) is 9.61. The number of aliphatic hydroxyl groups excluding tert-OH is 1.